The molecule has 0 unspecified atom stereocenters. The topological polar surface area (TPSA) is 66.9 Å². The van der Waals surface area contributed by atoms with Crippen molar-refractivity contribution in [2.75, 3.05) is 14.2 Å². The molecule has 0 aliphatic rings. The molecule has 8 nitrogen and oxygen atoms in total. The summed E-state index contributed by atoms with van der Waals surface area (Å²) in [7, 11) is 3.47. The summed E-state index contributed by atoms with van der Waals surface area (Å²) in [4.78, 5) is 0. The van der Waals surface area contributed by atoms with Crippen molar-refractivity contribution in [3.8, 4) is 57.1 Å². The summed E-state index contributed by atoms with van der Waals surface area (Å²) in [6.07, 6.45) is 0. The van der Waals surface area contributed by atoms with E-state index in [1.807, 2.05) is 12.1 Å². The van der Waals surface area contributed by atoms with Gasteiger partial charge in [0.05, 0.1) is 109 Å². The Kier molecular flexibility index (Phi) is 10.0. The van der Waals surface area contributed by atoms with E-state index in [9.17, 15) is 5.26 Å². The van der Waals surface area contributed by atoms with Gasteiger partial charge in [0.1, 0.15) is 11.5 Å². The highest BCUT2D eigenvalue weighted by Gasteiger charge is 2.37. The van der Waals surface area contributed by atoms with E-state index >= 15 is 0 Å². The predicted molar refractivity (Wildman–Crippen MR) is 341 cm³/mol. The number of rotatable bonds is 8. The number of methoxy groups -OCH3 is 2. The van der Waals surface area contributed by atoms with Crippen molar-refractivity contribution in [2.45, 2.75) is 0 Å². The second kappa shape index (κ2) is 17.9. The highest BCUT2D eigenvalue weighted by atomic mass is 16.5. The molecule has 0 aliphatic heterocycles. The van der Waals surface area contributed by atoms with E-state index in [1.165, 1.54) is 0 Å². The van der Waals surface area contributed by atoms with E-state index in [-0.39, 0.29) is 0 Å². The maximum atomic E-state index is 10.6. The van der Waals surface area contributed by atoms with Crippen molar-refractivity contribution in [3.05, 3.63) is 260 Å². The second-order valence-electron chi connectivity index (χ2n) is 21.4. The largest absolute Gasteiger partial charge is 0.497 e. The van der Waals surface area contributed by atoms with Crippen LogP contribution in [0.4, 0.5) is 0 Å². The number of fused-ring (bicyclic) bond motifs is 15. The summed E-state index contributed by atoms with van der Waals surface area (Å²) in [6, 6.07) is 94.4. The molecule has 8 heteroatoms. The first kappa shape index (κ1) is 46.6. The molecule has 83 heavy (non-hydrogen) atoms. The summed E-state index contributed by atoms with van der Waals surface area (Å²) in [6.45, 7) is 0. The first-order valence-corrected chi connectivity index (χ1v) is 28.0. The van der Waals surface area contributed by atoms with Crippen LogP contribution in [-0.2, 0) is 0 Å². The average Bonchev–Trinajstić information content (AvgIpc) is 1.82. The zero-order chi connectivity index (χ0) is 55.0. The Morgan fingerprint density at radius 2 is 0.506 bits per heavy atom. The number of hydrogen-bond donors (Lipinski definition) is 0. The fraction of sp³-hybridized carbons (Fsp3) is 0.0267. The summed E-state index contributed by atoms with van der Waals surface area (Å²) in [5, 5.41) is 21.7. The summed E-state index contributed by atoms with van der Waals surface area (Å²) in [5.74, 6) is 1.50. The Hall–Kier alpha value is -11.3. The number of benzene rings is 12. The number of hydrogen-bond acceptors (Lipinski definition) is 3. The first-order valence-electron chi connectivity index (χ1n) is 28.0. The average molecular weight is 1070 g/mol. The minimum atomic E-state index is 0.573. The molecule has 17 aromatic rings. The van der Waals surface area contributed by atoms with Crippen molar-refractivity contribution >= 4 is 109 Å². The Morgan fingerprint density at radius 3 is 0.771 bits per heavy atom. The zero-order valence-electron chi connectivity index (χ0n) is 45.2. The van der Waals surface area contributed by atoms with Gasteiger partial charge in [-0.25, -0.2) is 0 Å². The second-order valence-corrected chi connectivity index (χ2v) is 21.4. The molecule has 5 heterocycles. The third-order valence-corrected chi connectivity index (χ3v) is 17.3. The summed E-state index contributed by atoms with van der Waals surface area (Å²) < 4.78 is 24.9. The molecule has 0 bridgehead atoms. The van der Waals surface area contributed by atoms with Crippen LogP contribution in [0.25, 0.3) is 149 Å². The van der Waals surface area contributed by atoms with Crippen LogP contribution in [0.2, 0.25) is 0 Å². The quantitative estimate of drug-likeness (QED) is 0.152. The van der Waals surface area contributed by atoms with E-state index in [4.69, 9.17) is 9.47 Å². The van der Waals surface area contributed by atoms with E-state index in [1.54, 1.807) is 14.2 Å². The van der Waals surface area contributed by atoms with E-state index in [0.717, 1.165) is 160 Å². The van der Waals surface area contributed by atoms with E-state index < -0.39 is 0 Å². The third kappa shape index (κ3) is 6.50. The summed E-state index contributed by atoms with van der Waals surface area (Å²) >= 11 is 0. The highest BCUT2D eigenvalue weighted by molar-refractivity contribution is 6.19. The molecule has 0 radical (unpaired) electrons. The van der Waals surface area contributed by atoms with Gasteiger partial charge >= 0.3 is 0 Å². The smallest absolute Gasteiger partial charge is 0.119 e. The normalized spacial score (nSPS) is 12.0. The van der Waals surface area contributed by atoms with Crippen LogP contribution in [0.3, 0.4) is 0 Å². The first-order chi connectivity index (χ1) is 41.1. The standard InChI is InChI=1S/C75H48N6O2/c1-82-48-39-41-68-58(43-48)59-44-49(83-2)40-42-69(59)81(68)75-73(79-64-31-15-7-23-54(64)55-24-8-16-32-65(55)79)71(77-60-27-11-3-19-50(60)51-20-4-12-28-61(51)77)70(47-37-35-46(45-76)36-38-47)72(78-62-29-13-5-21-52(62)53-22-6-14-30-63(53)78)74(75)80-66-33-17-9-25-56(66)57-26-10-18-34-67(57)80/h3-44H,1-2H3. The van der Waals surface area contributed by atoms with Gasteiger partial charge in [-0.1, -0.05) is 158 Å². The number of aromatic nitrogens is 5. The monoisotopic (exact) mass is 1060 g/mol. The molecule has 0 saturated carbocycles. The molecular formula is C75H48N6O2. The van der Waals surface area contributed by atoms with Crippen molar-refractivity contribution < 1.29 is 9.47 Å². The van der Waals surface area contributed by atoms with Crippen LogP contribution < -0.4 is 9.47 Å². The summed E-state index contributed by atoms with van der Waals surface area (Å²) in [5.41, 5.74) is 17.5. The number of para-hydroxylation sites is 8. The van der Waals surface area contributed by atoms with Gasteiger partial charge in [-0.2, -0.15) is 5.26 Å². The van der Waals surface area contributed by atoms with Gasteiger partial charge < -0.3 is 32.3 Å². The number of ether oxygens (including phenoxy) is 2. The Labute approximate surface area is 475 Å². The lowest BCUT2D eigenvalue weighted by Gasteiger charge is -2.32. The van der Waals surface area contributed by atoms with Crippen molar-refractivity contribution in [1.82, 2.24) is 22.8 Å². The maximum absolute atomic E-state index is 10.6. The van der Waals surface area contributed by atoms with E-state index in [0.29, 0.717) is 5.56 Å². The highest BCUT2D eigenvalue weighted by Crippen LogP contribution is 2.54. The van der Waals surface area contributed by atoms with Gasteiger partial charge in [-0.3, -0.25) is 0 Å². The molecule has 0 atom stereocenters. The number of nitrogens with zero attached hydrogens (tertiary/aromatic N) is 6. The van der Waals surface area contributed by atoms with Gasteiger partial charge in [-0.15, -0.1) is 0 Å². The minimum Gasteiger partial charge on any atom is -0.497 e. The van der Waals surface area contributed by atoms with Gasteiger partial charge in [0.2, 0.25) is 0 Å². The van der Waals surface area contributed by atoms with Gasteiger partial charge in [-0.05, 0) is 103 Å². The maximum Gasteiger partial charge on any atom is 0.119 e. The lowest BCUT2D eigenvalue weighted by Crippen LogP contribution is -2.18. The Balaban J connectivity index is 1.29. The molecule has 12 aromatic carbocycles. The van der Waals surface area contributed by atoms with Crippen LogP contribution in [0.5, 0.6) is 11.5 Å². The predicted octanol–water partition coefficient (Wildman–Crippen LogP) is 18.7. The lowest BCUT2D eigenvalue weighted by atomic mass is 9.94. The molecule has 17 rings (SSSR count). The van der Waals surface area contributed by atoms with Crippen LogP contribution in [0, 0.1) is 11.3 Å². The van der Waals surface area contributed by atoms with Crippen molar-refractivity contribution in [1.29, 1.82) is 5.26 Å². The zero-order valence-corrected chi connectivity index (χ0v) is 45.2. The van der Waals surface area contributed by atoms with Gasteiger partial charge in [0.15, 0.2) is 0 Å². The third-order valence-electron chi connectivity index (χ3n) is 17.3. The lowest BCUT2D eigenvalue weighted by molar-refractivity contribution is 0.415. The van der Waals surface area contributed by atoms with E-state index in [2.05, 4.69) is 272 Å². The van der Waals surface area contributed by atoms with Crippen molar-refractivity contribution in [2.24, 2.45) is 0 Å². The molecule has 390 valence electrons. The molecule has 0 aliphatic carbocycles. The Morgan fingerprint density at radius 1 is 0.265 bits per heavy atom. The minimum absolute atomic E-state index is 0.573. The molecule has 0 N–H and O–H groups in total. The molecule has 0 saturated heterocycles. The fourth-order valence-electron chi connectivity index (χ4n) is 13.9. The molecular weight excluding hydrogens is 1020 g/mol. The van der Waals surface area contributed by atoms with Gasteiger partial charge in [0.25, 0.3) is 0 Å². The molecule has 0 spiro atoms. The van der Waals surface area contributed by atoms with Crippen LogP contribution in [-0.4, -0.2) is 37.1 Å². The molecule has 0 amide bonds. The van der Waals surface area contributed by atoms with Crippen LogP contribution in [0.1, 0.15) is 5.56 Å². The van der Waals surface area contributed by atoms with Crippen LogP contribution in [0.15, 0.2) is 255 Å². The van der Waals surface area contributed by atoms with Gasteiger partial charge in [0, 0.05) is 59.4 Å². The van der Waals surface area contributed by atoms with Crippen LogP contribution >= 0.6 is 0 Å². The number of nitriles is 1. The molecule has 5 aromatic heterocycles. The SMILES string of the molecule is COc1ccc2c(c1)c1cc(OC)ccc1n2-c1c(-n2c3ccccc3c3ccccc32)c(-n2c3ccccc3c3ccccc32)c(-c2ccc(C#N)cc2)c(-n2c3ccccc3c3ccccc32)c1-n1c2ccccc2c2ccccc21. The Bertz CT molecular complexity index is 5100. The molecule has 0 fully saturated rings. The van der Waals surface area contributed by atoms with Crippen molar-refractivity contribution in [3.63, 3.8) is 0 Å². The fourth-order valence-corrected chi connectivity index (χ4v) is 13.9.